The number of nitrogens with one attached hydrogen (secondary N) is 1. The number of hydrogen-bond donors (Lipinski definition) is 1. The van der Waals surface area contributed by atoms with Gasteiger partial charge in [0.2, 0.25) is 11.8 Å². The zero-order valence-corrected chi connectivity index (χ0v) is 13.0. The van der Waals surface area contributed by atoms with Crippen LogP contribution in [0.2, 0.25) is 0 Å². The normalized spacial score (nSPS) is 14.8. The number of rotatable bonds is 5. The summed E-state index contributed by atoms with van der Waals surface area (Å²) >= 11 is 0. The number of benzene rings is 1. The van der Waals surface area contributed by atoms with Gasteiger partial charge < -0.3 is 14.6 Å². The van der Waals surface area contributed by atoms with Gasteiger partial charge in [-0.3, -0.25) is 9.59 Å². The number of furan rings is 1. The topological polar surface area (TPSA) is 62.6 Å². The molecule has 120 valence electrons. The fourth-order valence-electron chi connectivity index (χ4n) is 2.75. The summed E-state index contributed by atoms with van der Waals surface area (Å²) in [4.78, 5) is 25.8. The van der Waals surface area contributed by atoms with Gasteiger partial charge in [0.05, 0.1) is 6.26 Å². The third kappa shape index (κ3) is 4.00. The maximum absolute atomic E-state index is 12.0. The fourth-order valence-corrected chi connectivity index (χ4v) is 2.75. The molecule has 2 amide bonds. The lowest BCUT2D eigenvalue weighted by atomic mass is 10.1. The SMILES string of the molecule is O=C(CCc1ccco1)Nc1cccc(N2CCCCC2=O)c1. The van der Waals surface area contributed by atoms with Crippen LogP contribution in [-0.2, 0) is 16.0 Å². The van der Waals surface area contributed by atoms with Crippen LogP contribution in [0, 0.1) is 0 Å². The van der Waals surface area contributed by atoms with Crippen molar-refractivity contribution >= 4 is 23.2 Å². The highest BCUT2D eigenvalue weighted by Crippen LogP contribution is 2.24. The largest absolute Gasteiger partial charge is 0.469 e. The average molecular weight is 312 g/mol. The van der Waals surface area contributed by atoms with E-state index in [0.717, 1.165) is 30.8 Å². The highest BCUT2D eigenvalue weighted by atomic mass is 16.3. The Morgan fingerprint density at radius 3 is 2.91 bits per heavy atom. The van der Waals surface area contributed by atoms with Crippen LogP contribution in [0.1, 0.15) is 31.4 Å². The molecule has 1 N–H and O–H groups in total. The van der Waals surface area contributed by atoms with E-state index in [9.17, 15) is 9.59 Å². The third-order valence-corrected chi connectivity index (χ3v) is 3.94. The van der Waals surface area contributed by atoms with E-state index < -0.39 is 0 Å². The highest BCUT2D eigenvalue weighted by molar-refractivity contribution is 5.96. The van der Waals surface area contributed by atoms with Gasteiger partial charge in [-0.1, -0.05) is 6.07 Å². The van der Waals surface area contributed by atoms with Gasteiger partial charge in [-0.15, -0.1) is 0 Å². The van der Waals surface area contributed by atoms with Crippen LogP contribution in [0.3, 0.4) is 0 Å². The van der Waals surface area contributed by atoms with E-state index in [1.54, 1.807) is 11.2 Å². The van der Waals surface area contributed by atoms with Crippen molar-refractivity contribution in [3.63, 3.8) is 0 Å². The molecule has 2 aromatic rings. The molecular formula is C18H20N2O3. The summed E-state index contributed by atoms with van der Waals surface area (Å²) < 4.78 is 5.22. The molecule has 1 aromatic carbocycles. The number of hydrogen-bond acceptors (Lipinski definition) is 3. The first-order valence-electron chi connectivity index (χ1n) is 7.95. The molecule has 23 heavy (non-hydrogen) atoms. The van der Waals surface area contributed by atoms with Gasteiger partial charge in [0, 0.05) is 37.2 Å². The number of piperidine rings is 1. The van der Waals surface area contributed by atoms with Crippen molar-refractivity contribution in [2.45, 2.75) is 32.1 Å². The average Bonchev–Trinajstić information content (AvgIpc) is 3.07. The number of carbonyl (C=O) groups excluding carboxylic acids is 2. The lowest BCUT2D eigenvalue weighted by molar-refractivity contribution is -0.119. The third-order valence-electron chi connectivity index (χ3n) is 3.94. The highest BCUT2D eigenvalue weighted by Gasteiger charge is 2.19. The molecule has 1 aromatic heterocycles. The number of anilines is 2. The Hall–Kier alpha value is -2.56. The zero-order valence-electron chi connectivity index (χ0n) is 13.0. The van der Waals surface area contributed by atoms with Gasteiger partial charge in [-0.05, 0) is 43.2 Å². The Morgan fingerprint density at radius 2 is 2.13 bits per heavy atom. The van der Waals surface area contributed by atoms with E-state index in [1.165, 1.54) is 0 Å². The number of carbonyl (C=O) groups is 2. The summed E-state index contributed by atoms with van der Waals surface area (Å²) in [5.74, 6) is 0.883. The lowest BCUT2D eigenvalue weighted by Crippen LogP contribution is -2.35. The summed E-state index contributed by atoms with van der Waals surface area (Å²) in [6.07, 6.45) is 5.11. The molecule has 0 spiro atoms. The Kier molecular flexibility index (Phi) is 4.76. The Morgan fingerprint density at radius 1 is 1.22 bits per heavy atom. The van der Waals surface area contributed by atoms with Crippen LogP contribution < -0.4 is 10.2 Å². The minimum atomic E-state index is -0.0662. The minimum absolute atomic E-state index is 0.0662. The second-order valence-electron chi connectivity index (χ2n) is 5.68. The van der Waals surface area contributed by atoms with Crippen molar-refractivity contribution in [3.05, 3.63) is 48.4 Å². The van der Waals surface area contributed by atoms with E-state index in [-0.39, 0.29) is 11.8 Å². The van der Waals surface area contributed by atoms with Crippen molar-refractivity contribution in [3.8, 4) is 0 Å². The van der Waals surface area contributed by atoms with Crippen LogP contribution in [0.4, 0.5) is 11.4 Å². The second-order valence-corrected chi connectivity index (χ2v) is 5.68. The molecule has 1 saturated heterocycles. The Labute approximate surface area is 135 Å². The first kappa shape index (κ1) is 15.3. The van der Waals surface area contributed by atoms with Crippen molar-refractivity contribution < 1.29 is 14.0 Å². The molecule has 1 fully saturated rings. The van der Waals surface area contributed by atoms with Crippen molar-refractivity contribution in [2.24, 2.45) is 0 Å². The quantitative estimate of drug-likeness (QED) is 0.920. The van der Waals surface area contributed by atoms with Crippen LogP contribution >= 0.6 is 0 Å². The number of nitrogens with zero attached hydrogens (tertiary/aromatic N) is 1. The van der Waals surface area contributed by atoms with Crippen LogP contribution in [0.25, 0.3) is 0 Å². The van der Waals surface area contributed by atoms with Crippen molar-refractivity contribution in [1.29, 1.82) is 0 Å². The molecule has 5 nitrogen and oxygen atoms in total. The predicted octanol–water partition coefficient (Wildman–Crippen LogP) is 3.37. The first-order chi connectivity index (χ1) is 11.2. The van der Waals surface area contributed by atoms with E-state index in [4.69, 9.17) is 4.42 Å². The molecule has 0 unspecified atom stereocenters. The summed E-state index contributed by atoms with van der Waals surface area (Å²) in [6, 6.07) is 11.1. The van der Waals surface area contributed by atoms with Crippen molar-refractivity contribution in [2.75, 3.05) is 16.8 Å². The molecule has 1 aliphatic heterocycles. The summed E-state index contributed by atoms with van der Waals surface area (Å²) in [5, 5.41) is 2.88. The number of aryl methyl sites for hydroxylation is 1. The molecule has 1 aliphatic rings. The van der Waals surface area contributed by atoms with Gasteiger partial charge in [0.15, 0.2) is 0 Å². The Bertz CT molecular complexity index is 679. The molecular weight excluding hydrogens is 292 g/mol. The van der Waals surface area contributed by atoms with Gasteiger partial charge in [-0.2, -0.15) is 0 Å². The van der Waals surface area contributed by atoms with Gasteiger partial charge >= 0.3 is 0 Å². The van der Waals surface area contributed by atoms with Gasteiger partial charge in [0.25, 0.3) is 0 Å². The molecule has 0 saturated carbocycles. The smallest absolute Gasteiger partial charge is 0.226 e. The summed E-state index contributed by atoms with van der Waals surface area (Å²) in [5.41, 5.74) is 1.56. The van der Waals surface area contributed by atoms with Gasteiger partial charge in [0.1, 0.15) is 5.76 Å². The standard InChI is InChI=1S/C18H20N2O3/c21-17(10-9-16-7-4-12-23-16)19-14-5-3-6-15(13-14)20-11-2-1-8-18(20)22/h3-7,12-13H,1-2,8-11H2,(H,19,21). The summed E-state index contributed by atoms with van der Waals surface area (Å²) in [6.45, 7) is 0.745. The maximum Gasteiger partial charge on any atom is 0.226 e. The molecule has 0 aliphatic carbocycles. The molecule has 0 radical (unpaired) electrons. The predicted molar refractivity (Wildman–Crippen MR) is 88.3 cm³/mol. The van der Waals surface area contributed by atoms with Gasteiger partial charge in [-0.25, -0.2) is 0 Å². The molecule has 0 atom stereocenters. The summed E-state index contributed by atoms with van der Waals surface area (Å²) in [7, 11) is 0. The maximum atomic E-state index is 12.0. The molecule has 2 heterocycles. The fraction of sp³-hybridized carbons (Fsp3) is 0.333. The van der Waals surface area contributed by atoms with E-state index in [2.05, 4.69) is 5.32 Å². The monoisotopic (exact) mass is 312 g/mol. The van der Waals surface area contributed by atoms with Crippen LogP contribution in [-0.4, -0.2) is 18.4 Å². The van der Waals surface area contributed by atoms with Crippen LogP contribution in [0.5, 0.6) is 0 Å². The van der Waals surface area contributed by atoms with Crippen LogP contribution in [0.15, 0.2) is 47.1 Å². The second kappa shape index (κ2) is 7.13. The minimum Gasteiger partial charge on any atom is -0.469 e. The molecule has 0 bridgehead atoms. The lowest BCUT2D eigenvalue weighted by Gasteiger charge is -2.27. The molecule has 3 rings (SSSR count). The van der Waals surface area contributed by atoms with E-state index in [1.807, 2.05) is 36.4 Å². The van der Waals surface area contributed by atoms with E-state index in [0.29, 0.717) is 24.9 Å². The molecule has 5 heteroatoms. The van der Waals surface area contributed by atoms with Crippen molar-refractivity contribution in [1.82, 2.24) is 0 Å². The first-order valence-corrected chi connectivity index (χ1v) is 7.95. The Balaban J connectivity index is 1.60. The number of amides is 2. The van der Waals surface area contributed by atoms with E-state index >= 15 is 0 Å². The zero-order chi connectivity index (χ0) is 16.1.